The van der Waals surface area contributed by atoms with Crippen molar-refractivity contribution < 1.29 is 4.79 Å². The van der Waals surface area contributed by atoms with Crippen LogP contribution in [0.5, 0.6) is 0 Å². The largest absolute Gasteiger partial charge is 0.348 e. The van der Waals surface area contributed by atoms with Gasteiger partial charge in [0.1, 0.15) is 0 Å². The molecule has 0 aliphatic carbocycles. The van der Waals surface area contributed by atoms with E-state index in [1.807, 2.05) is 36.4 Å². The lowest BCUT2D eigenvalue weighted by Gasteiger charge is -2.24. The Kier molecular flexibility index (Phi) is 4.98. The number of hydrogen-bond donors (Lipinski definition) is 1. The first-order valence-corrected chi connectivity index (χ1v) is 9.11. The van der Waals surface area contributed by atoms with Crippen molar-refractivity contribution in [3.05, 3.63) is 64.7 Å². The molecular formula is C19H20ClNOS. The second kappa shape index (κ2) is 6.98. The van der Waals surface area contributed by atoms with E-state index >= 15 is 0 Å². The number of halogens is 1. The van der Waals surface area contributed by atoms with Crippen molar-refractivity contribution in [1.82, 2.24) is 5.32 Å². The molecule has 0 aromatic heterocycles. The molecule has 120 valence electrons. The number of thioether (sulfide) groups is 1. The van der Waals surface area contributed by atoms with Gasteiger partial charge in [-0.05, 0) is 41.7 Å². The van der Waals surface area contributed by atoms with E-state index in [9.17, 15) is 4.79 Å². The summed E-state index contributed by atoms with van der Waals surface area (Å²) in [5, 5.41) is 3.90. The van der Waals surface area contributed by atoms with E-state index in [-0.39, 0.29) is 17.2 Å². The van der Waals surface area contributed by atoms with E-state index in [2.05, 4.69) is 31.3 Å². The average molecular weight is 346 g/mol. The number of carbonyl (C=O) groups is 1. The van der Waals surface area contributed by atoms with Crippen molar-refractivity contribution in [1.29, 1.82) is 0 Å². The first-order chi connectivity index (χ1) is 11.0. The van der Waals surface area contributed by atoms with E-state index in [0.717, 1.165) is 12.0 Å². The number of fused-ring (bicyclic) bond motifs is 1. The van der Waals surface area contributed by atoms with Crippen LogP contribution in [-0.2, 0) is 11.2 Å². The number of amides is 1. The monoisotopic (exact) mass is 345 g/mol. The summed E-state index contributed by atoms with van der Waals surface area (Å²) >= 11 is 7.63. The van der Waals surface area contributed by atoms with Crippen molar-refractivity contribution in [2.75, 3.05) is 0 Å². The van der Waals surface area contributed by atoms with Gasteiger partial charge >= 0.3 is 0 Å². The standard InChI is InChI=1S/C19H20ClNOS/c1-12(2)18(13-7-9-15(20)10-8-13)21-19(22)17-11-14-5-3-4-6-16(14)23-17/h3-10,12,17-18H,11H2,1-2H3,(H,21,22). The lowest BCUT2D eigenvalue weighted by molar-refractivity contribution is -0.121. The third-order valence-corrected chi connectivity index (χ3v) is 5.70. The highest BCUT2D eigenvalue weighted by molar-refractivity contribution is 8.01. The number of hydrogen-bond acceptors (Lipinski definition) is 2. The fourth-order valence-corrected chi connectivity index (χ4v) is 4.21. The maximum absolute atomic E-state index is 12.7. The van der Waals surface area contributed by atoms with Gasteiger partial charge < -0.3 is 5.32 Å². The molecule has 1 heterocycles. The minimum atomic E-state index is -0.0408. The molecule has 0 saturated carbocycles. The van der Waals surface area contributed by atoms with Gasteiger partial charge in [-0.3, -0.25) is 4.79 Å². The Morgan fingerprint density at radius 2 is 1.87 bits per heavy atom. The normalized spacial score (nSPS) is 17.8. The van der Waals surface area contributed by atoms with Gasteiger partial charge in [-0.1, -0.05) is 55.8 Å². The van der Waals surface area contributed by atoms with Gasteiger partial charge in [-0.25, -0.2) is 0 Å². The predicted molar refractivity (Wildman–Crippen MR) is 97.0 cm³/mol. The highest BCUT2D eigenvalue weighted by Gasteiger charge is 2.30. The van der Waals surface area contributed by atoms with E-state index in [1.54, 1.807) is 11.8 Å². The predicted octanol–water partition coefficient (Wildman–Crippen LogP) is 4.87. The Balaban J connectivity index is 1.71. The van der Waals surface area contributed by atoms with E-state index < -0.39 is 0 Å². The molecule has 1 N–H and O–H groups in total. The van der Waals surface area contributed by atoms with E-state index in [0.29, 0.717) is 10.9 Å². The SMILES string of the molecule is CC(C)C(NC(=O)C1Cc2ccccc2S1)c1ccc(Cl)cc1. The fraction of sp³-hybridized carbons (Fsp3) is 0.316. The Hall–Kier alpha value is -1.45. The molecule has 2 nitrogen and oxygen atoms in total. The number of nitrogens with one attached hydrogen (secondary N) is 1. The second-order valence-corrected chi connectivity index (χ2v) is 7.88. The van der Waals surface area contributed by atoms with Crippen LogP contribution in [0.4, 0.5) is 0 Å². The van der Waals surface area contributed by atoms with Crippen LogP contribution in [0.3, 0.4) is 0 Å². The van der Waals surface area contributed by atoms with Crippen LogP contribution in [0.2, 0.25) is 5.02 Å². The van der Waals surface area contributed by atoms with Crippen LogP contribution in [0.1, 0.15) is 31.0 Å². The molecule has 4 heteroatoms. The molecule has 0 fully saturated rings. The van der Waals surface area contributed by atoms with Gasteiger partial charge in [-0.15, -0.1) is 11.8 Å². The third-order valence-electron chi connectivity index (χ3n) is 4.13. The van der Waals surface area contributed by atoms with Gasteiger partial charge in [0.05, 0.1) is 11.3 Å². The molecule has 2 aromatic carbocycles. The summed E-state index contributed by atoms with van der Waals surface area (Å²) in [5.74, 6) is 0.425. The van der Waals surface area contributed by atoms with Crippen molar-refractivity contribution in [2.45, 2.75) is 36.5 Å². The zero-order valence-corrected chi connectivity index (χ0v) is 14.8. The Bertz CT molecular complexity index is 674. The minimum Gasteiger partial charge on any atom is -0.348 e. The number of carbonyl (C=O) groups excluding carboxylic acids is 1. The zero-order valence-electron chi connectivity index (χ0n) is 13.3. The Morgan fingerprint density at radius 3 is 2.52 bits per heavy atom. The molecule has 0 spiro atoms. The first-order valence-electron chi connectivity index (χ1n) is 7.85. The van der Waals surface area contributed by atoms with Gasteiger partial charge in [0.25, 0.3) is 0 Å². The fourth-order valence-electron chi connectivity index (χ4n) is 2.88. The zero-order chi connectivity index (χ0) is 16.4. The van der Waals surface area contributed by atoms with Gasteiger partial charge in [0, 0.05) is 9.92 Å². The van der Waals surface area contributed by atoms with Gasteiger partial charge in [0.2, 0.25) is 5.91 Å². The third kappa shape index (κ3) is 3.73. The van der Waals surface area contributed by atoms with Crippen molar-refractivity contribution in [3.8, 4) is 0 Å². The first kappa shape index (κ1) is 16.4. The highest BCUT2D eigenvalue weighted by Crippen LogP contribution is 2.37. The minimum absolute atomic E-state index is 0.00378. The van der Waals surface area contributed by atoms with Crippen molar-refractivity contribution in [2.24, 2.45) is 5.92 Å². The van der Waals surface area contributed by atoms with Crippen LogP contribution in [-0.4, -0.2) is 11.2 Å². The summed E-state index contributed by atoms with van der Waals surface area (Å²) in [6.07, 6.45) is 0.804. The Morgan fingerprint density at radius 1 is 1.17 bits per heavy atom. The Labute approximate surface area is 146 Å². The van der Waals surface area contributed by atoms with Gasteiger partial charge in [-0.2, -0.15) is 0 Å². The number of benzene rings is 2. The van der Waals surface area contributed by atoms with Crippen molar-refractivity contribution >= 4 is 29.3 Å². The van der Waals surface area contributed by atoms with Crippen molar-refractivity contribution in [3.63, 3.8) is 0 Å². The summed E-state index contributed by atoms with van der Waals surface area (Å²) in [7, 11) is 0. The highest BCUT2D eigenvalue weighted by atomic mass is 35.5. The van der Waals surface area contributed by atoms with Gasteiger partial charge in [0.15, 0.2) is 0 Å². The maximum atomic E-state index is 12.7. The molecule has 23 heavy (non-hydrogen) atoms. The summed E-state index contributed by atoms with van der Waals surface area (Å²) in [4.78, 5) is 13.9. The molecule has 1 aliphatic rings. The molecule has 1 aliphatic heterocycles. The molecule has 2 unspecified atom stereocenters. The molecular weight excluding hydrogens is 326 g/mol. The topological polar surface area (TPSA) is 29.1 Å². The summed E-state index contributed by atoms with van der Waals surface area (Å²) in [6, 6.07) is 16.0. The van der Waals surface area contributed by atoms with E-state index in [4.69, 9.17) is 11.6 Å². The molecule has 1 amide bonds. The van der Waals surface area contributed by atoms with Crippen LogP contribution in [0.15, 0.2) is 53.4 Å². The molecule has 0 saturated heterocycles. The van der Waals surface area contributed by atoms with Crippen LogP contribution < -0.4 is 5.32 Å². The summed E-state index contributed by atoms with van der Waals surface area (Å²) < 4.78 is 0. The lowest BCUT2D eigenvalue weighted by atomic mass is 9.95. The molecule has 2 aromatic rings. The van der Waals surface area contributed by atoms with Crippen LogP contribution >= 0.6 is 23.4 Å². The maximum Gasteiger partial charge on any atom is 0.234 e. The lowest BCUT2D eigenvalue weighted by Crippen LogP contribution is -2.37. The quantitative estimate of drug-likeness (QED) is 0.856. The molecule has 3 rings (SSSR count). The van der Waals surface area contributed by atoms with E-state index in [1.165, 1.54) is 10.5 Å². The molecule has 0 bridgehead atoms. The number of rotatable bonds is 4. The molecule has 2 atom stereocenters. The summed E-state index contributed by atoms with van der Waals surface area (Å²) in [6.45, 7) is 4.24. The smallest absolute Gasteiger partial charge is 0.234 e. The second-order valence-electron chi connectivity index (χ2n) is 6.20. The summed E-state index contributed by atoms with van der Waals surface area (Å²) in [5.41, 5.74) is 2.36. The van der Waals surface area contributed by atoms with Crippen LogP contribution in [0.25, 0.3) is 0 Å². The average Bonchev–Trinajstić information content (AvgIpc) is 2.97. The van der Waals surface area contributed by atoms with Crippen LogP contribution in [0, 0.1) is 5.92 Å². The molecule has 0 radical (unpaired) electrons.